The molecule has 3 heteroatoms. The van der Waals surface area contributed by atoms with Gasteiger partial charge >= 0.3 is 0 Å². The third kappa shape index (κ3) is 6.32. The zero-order valence-corrected chi connectivity index (χ0v) is 11.1. The lowest BCUT2D eigenvalue weighted by atomic mass is 10.1. The number of nitrogens with one attached hydrogen (secondary N) is 1. The molecule has 1 aromatic rings. The van der Waals surface area contributed by atoms with Crippen LogP contribution in [-0.4, -0.2) is 12.5 Å². The number of carbonyl (C=O) groups is 1. The van der Waals surface area contributed by atoms with E-state index in [1.807, 2.05) is 24.3 Å². The minimum absolute atomic E-state index is 0.135. The van der Waals surface area contributed by atoms with Crippen molar-refractivity contribution in [2.24, 2.45) is 0 Å². The molecular weight excluding hydrogens is 234 g/mol. The summed E-state index contributed by atoms with van der Waals surface area (Å²) in [5.74, 6) is 0.135. The lowest BCUT2D eigenvalue weighted by molar-refractivity contribution is -0.121. The van der Waals surface area contributed by atoms with Gasteiger partial charge in [0.2, 0.25) is 5.91 Å². The number of benzene rings is 1. The Labute approximate surface area is 108 Å². The quantitative estimate of drug-likeness (QED) is 0.740. The molecule has 2 nitrogen and oxygen atoms in total. The molecular formula is C14H20ClNO. The van der Waals surface area contributed by atoms with Crippen LogP contribution in [0.15, 0.2) is 24.3 Å². The highest BCUT2D eigenvalue weighted by atomic mass is 35.5. The number of unbranched alkanes of at least 4 members (excludes halogenated alkanes) is 2. The maximum atomic E-state index is 11.5. The van der Waals surface area contributed by atoms with E-state index in [1.165, 1.54) is 12.8 Å². The van der Waals surface area contributed by atoms with E-state index in [9.17, 15) is 4.79 Å². The molecule has 0 aliphatic heterocycles. The highest BCUT2D eigenvalue weighted by molar-refractivity contribution is 6.30. The standard InChI is InChI=1S/C14H20ClNO/c1-2-3-4-11-16-14(17)10-7-12-5-8-13(15)9-6-12/h5-6,8-9H,2-4,7,10-11H2,1H3,(H,16,17). The fourth-order valence-electron chi connectivity index (χ4n) is 1.60. The Kier molecular flexibility index (Phi) is 6.71. The Balaban J connectivity index is 2.17. The Morgan fingerprint density at radius 2 is 1.94 bits per heavy atom. The molecule has 0 aromatic heterocycles. The lowest BCUT2D eigenvalue weighted by Gasteiger charge is -2.04. The van der Waals surface area contributed by atoms with Crippen molar-refractivity contribution >= 4 is 17.5 Å². The third-order valence-electron chi connectivity index (χ3n) is 2.66. The Morgan fingerprint density at radius 1 is 1.24 bits per heavy atom. The van der Waals surface area contributed by atoms with Crippen LogP contribution < -0.4 is 5.32 Å². The van der Waals surface area contributed by atoms with Gasteiger partial charge in [-0.3, -0.25) is 4.79 Å². The molecule has 0 unspecified atom stereocenters. The first kappa shape index (κ1) is 14.0. The van der Waals surface area contributed by atoms with E-state index >= 15 is 0 Å². The first-order valence-electron chi connectivity index (χ1n) is 6.23. The smallest absolute Gasteiger partial charge is 0.220 e. The van der Waals surface area contributed by atoms with Gasteiger partial charge in [-0.15, -0.1) is 0 Å². The van der Waals surface area contributed by atoms with Crippen LogP contribution in [0.3, 0.4) is 0 Å². The number of carbonyl (C=O) groups excluding carboxylic acids is 1. The molecule has 1 rings (SSSR count). The Bertz CT molecular complexity index is 335. The average molecular weight is 254 g/mol. The number of amides is 1. The zero-order chi connectivity index (χ0) is 12.5. The van der Waals surface area contributed by atoms with Crippen molar-refractivity contribution in [2.45, 2.75) is 39.0 Å². The summed E-state index contributed by atoms with van der Waals surface area (Å²) in [6.07, 6.45) is 4.76. The second kappa shape index (κ2) is 8.13. The topological polar surface area (TPSA) is 29.1 Å². The molecule has 17 heavy (non-hydrogen) atoms. The Morgan fingerprint density at radius 3 is 2.59 bits per heavy atom. The molecule has 0 bridgehead atoms. The van der Waals surface area contributed by atoms with Crippen molar-refractivity contribution in [2.75, 3.05) is 6.54 Å². The highest BCUT2D eigenvalue weighted by Crippen LogP contribution is 2.10. The molecule has 0 radical (unpaired) electrons. The van der Waals surface area contributed by atoms with E-state index in [2.05, 4.69) is 12.2 Å². The summed E-state index contributed by atoms with van der Waals surface area (Å²) in [6, 6.07) is 7.64. The summed E-state index contributed by atoms with van der Waals surface area (Å²) in [6.45, 7) is 2.95. The van der Waals surface area contributed by atoms with Gasteiger partial charge in [-0.1, -0.05) is 43.5 Å². The lowest BCUT2D eigenvalue weighted by Crippen LogP contribution is -2.24. The molecule has 0 saturated carbocycles. The number of aryl methyl sites for hydroxylation is 1. The van der Waals surface area contributed by atoms with Crippen LogP contribution in [-0.2, 0) is 11.2 Å². The second-order valence-electron chi connectivity index (χ2n) is 4.18. The summed E-state index contributed by atoms with van der Waals surface area (Å²) in [4.78, 5) is 11.5. The van der Waals surface area contributed by atoms with E-state index in [1.54, 1.807) is 0 Å². The van der Waals surface area contributed by atoms with Crippen molar-refractivity contribution in [3.05, 3.63) is 34.9 Å². The zero-order valence-electron chi connectivity index (χ0n) is 10.3. The largest absolute Gasteiger partial charge is 0.356 e. The van der Waals surface area contributed by atoms with Crippen LogP contribution in [0, 0.1) is 0 Å². The van der Waals surface area contributed by atoms with Crippen molar-refractivity contribution in [3.63, 3.8) is 0 Å². The molecule has 0 fully saturated rings. The first-order valence-corrected chi connectivity index (χ1v) is 6.61. The van der Waals surface area contributed by atoms with Gasteiger partial charge in [0.25, 0.3) is 0 Å². The van der Waals surface area contributed by atoms with E-state index in [0.717, 1.165) is 30.0 Å². The van der Waals surface area contributed by atoms with Gasteiger partial charge in [-0.05, 0) is 30.5 Å². The van der Waals surface area contributed by atoms with Crippen LogP contribution in [0.2, 0.25) is 5.02 Å². The maximum absolute atomic E-state index is 11.5. The van der Waals surface area contributed by atoms with Gasteiger partial charge in [-0.25, -0.2) is 0 Å². The van der Waals surface area contributed by atoms with Gasteiger partial charge in [0.15, 0.2) is 0 Å². The van der Waals surface area contributed by atoms with Crippen LogP contribution in [0.4, 0.5) is 0 Å². The minimum atomic E-state index is 0.135. The first-order chi connectivity index (χ1) is 8.22. The number of rotatable bonds is 7. The summed E-state index contributed by atoms with van der Waals surface area (Å²) in [5.41, 5.74) is 1.15. The van der Waals surface area contributed by atoms with Gasteiger partial charge < -0.3 is 5.32 Å². The molecule has 0 aliphatic carbocycles. The molecule has 0 heterocycles. The van der Waals surface area contributed by atoms with E-state index in [0.29, 0.717) is 6.42 Å². The van der Waals surface area contributed by atoms with Crippen LogP contribution in [0.1, 0.15) is 38.2 Å². The van der Waals surface area contributed by atoms with Crippen LogP contribution >= 0.6 is 11.6 Å². The van der Waals surface area contributed by atoms with E-state index in [4.69, 9.17) is 11.6 Å². The second-order valence-corrected chi connectivity index (χ2v) is 4.62. The number of hydrogen-bond acceptors (Lipinski definition) is 1. The third-order valence-corrected chi connectivity index (χ3v) is 2.91. The van der Waals surface area contributed by atoms with Crippen LogP contribution in [0.25, 0.3) is 0 Å². The van der Waals surface area contributed by atoms with Gasteiger partial charge in [-0.2, -0.15) is 0 Å². The Hall–Kier alpha value is -1.02. The molecule has 0 saturated heterocycles. The monoisotopic (exact) mass is 253 g/mol. The summed E-state index contributed by atoms with van der Waals surface area (Å²) >= 11 is 5.79. The molecule has 0 atom stereocenters. The summed E-state index contributed by atoms with van der Waals surface area (Å²) < 4.78 is 0. The minimum Gasteiger partial charge on any atom is -0.356 e. The van der Waals surface area contributed by atoms with Gasteiger partial charge in [0, 0.05) is 18.0 Å². The summed E-state index contributed by atoms with van der Waals surface area (Å²) in [5, 5.41) is 3.67. The van der Waals surface area contributed by atoms with Crippen molar-refractivity contribution in [1.82, 2.24) is 5.32 Å². The van der Waals surface area contributed by atoms with E-state index < -0.39 is 0 Å². The normalized spacial score (nSPS) is 10.2. The van der Waals surface area contributed by atoms with Crippen LogP contribution in [0.5, 0.6) is 0 Å². The maximum Gasteiger partial charge on any atom is 0.220 e. The SMILES string of the molecule is CCCCCNC(=O)CCc1ccc(Cl)cc1. The fourth-order valence-corrected chi connectivity index (χ4v) is 1.73. The predicted molar refractivity (Wildman–Crippen MR) is 72.3 cm³/mol. The molecule has 1 amide bonds. The molecule has 0 spiro atoms. The van der Waals surface area contributed by atoms with Crippen molar-refractivity contribution in [1.29, 1.82) is 0 Å². The number of halogens is 1. The van der Waals surface area contributed by atoms with Crippen molar-refractivity contribution in [3.8, 4) is 0 Å². The summed E-state index contributed by atoms with van der Waals surface area (Å²) in [7, 11) is 0. The number of hydrogen-bond donors (Lipinski definition) is 1. The molecule has 94 valence electrons. The van der Waals surface area contributed by atoms with Gasteiger partial charge in [0.05, 0.1) is 0 Å². The van der Waals surface area contributed by atoms with E-state index in [-0.39, 0.29) is 5.91 Å². The predicted octanol–water partition coefficient (Wildman–Crippen LogP) is 3.58. The molecule has 1 aromatic carbocycles. The van der Waals surface area contributed by atoms with Gasteiger partial charge in [0.1, 0.15) is 0 Å². The fraction of sp³-hybridized carbons (Fsp3) is 0.500. The highest BCUT2D eigenvalue weighted by Gasteiger charge is 2.01. The molecule has 1 N–H and O–H groups in total. The molecule has 0 aliphatic rings. The average Bonchev–Trinajstić information content (AvgIpc) is 2.34. The van der Waals surface area contributed by atoms with Crippen molar-refractivity contribution < 1.29 is 4.79 Å².